The topological polar surface area (TPSA) is 65.0 Å². The van der Waals surface area contributed by atoms with Crippen molar-refractivity contribution in [2.24, 2.45) is 0 Å². The van der Waals surface area contributed by atoms with E-state index in [1.54, 1.807) is 18.2 Å². The van der Waals surface area contributed by atoms with Crippen LogP contribution < -0.4 is 4.85 Å². The van der Waals surface area contributed by atoms with Crippen molar-refractivity contribution < 1.29 is 9.95 Å². The van der Waals surface area contributed by atoms with Crippen molar-refractivity contribution in [2.45, 2.75) is 45.4 Å². The van der Waals surface area contributed by atoms with Crippen LogP contribution in [0.1, 0.15) is 51.3 Å². The number of benzene rings is 3. The fourth-order valence-electron chi connectivity index (χ4n) is 3.81. The summed E-state index contributed by atoms with van der Waals surface area (Å²) in [5.74, 6) is 0.0327. The first kappa shape index (κ1) is 21.2. The summed E-state index contributed by atoms with van der Waals surface area (Å²) in [4.78, 5) is 1.95. The van der Waals surface area contributed by atoms with E-state index in [4.69, 9.17) is 11.6 Å². The van der Waals surface area contributed by atoms with Gasteiger partial charge in [-0.3, -0.25) is 0 Å². The summed E-state index contributed by atoms with van der Waals surface area (Å²) in [6, 6.07) is 18.6. The summed E-state index contributed by atoms with van der Waals surface area (Å²) < 4.78 is 0. The highest BCUT2D eigenvalue weighted by Crippen LogP contribution is 2.42. The van der Waals surface area contributed by atoms with Crippen LogP contribution >= 0.6 is 11.6 Å². The summed E-state index contributed by atoms with van der Waals surface area (Å²) in [6.45, 7) is 10.4. The molecule has 0 saturated heterocycles. The van der Waals surface area contributed by atoms with Gasteiger partial charge in [-0.05, 0) is 51.7 Å². The van der Waals surface area contributed by atoms with Gasteiger partial charge in [0.25, 0.3) is 0 Å². The predicted octanol–water partition coefficient (Wildman–Crippen LogP) is 5.64. The van der Waals surface area contributed by atoms with E-state index >= 15 is 0 Å². The molecule has 1 heterocycles. The molecule has 4 rings (SSSR count). The highest BCUT2D eigenvalue weighted by Gasteiger charge is 2.32. The number of hydrogen-bond donors (Lipinski definition) is 1. The van der Waals surface area contributed by atoms with Gasteiger partial charge in [0, 0.05) is 16.0 Å². The van der Waals surface area contributed by atoms with Gasteiger partial charge in [-0.1, -0.05) is 76.6 Å². The third-order valence-electron chi connectivity index (χ3n) is 5.87. The Morgan fingerprint density at radius 1 is 0.935 bits per heavy atom. The molecule has 4 aromatic rings. The van der Waals surface area contributed by atoms with Crippen LogP contribution in [0.5, 0.6) is 5.75 Å². The van der Waals surface area contributed by atoms with E-state index in [1.807, 2.05) is 56.3 Å². The normalized spacial score (nSPS) is 12.5. The number of fused-ring (bicyclic) bond motifs is 1. The molecular formula is C25H26ClN3O2. The molecule has 0 saturated carbocycles. The lowest BCUT2D eigenvalue weighted by Crippen LogP contribution is -2.37. The highest BCUT2D eigenvalue weighted by atomic mass is 35.5. The molecule has 0 aliphatic rings. The summed E-state index contributed by atoms with van der Waals surface area (Å²) in [6.07, 6.45) is 0. The van der Waals surface area contributed by atoms with Gasteiger partial charge >= 0.3 is 0 Å². The SMILES string of the molecule is CC(C)(C)c1cc(-n2nc3ccccc3[n+]2[O-])c(O)c(C(C)(C)c2ccc(Cl)cc2)c1. The van der Waals surface area contributed by atoms with Gasteiger partial charge in [0.1, 0.15) is 0 Å². The van der Waals surface area contributed by atoms with Crippen LogP contribution in [0.2, 0.25) is 5.02 Å². The van der Waals surface area contributed by atoms with Crippen LogP contribution in [0.3, 0.4) is 0 Å². The van der Waals surface area contributed by atoms with Crippen molar-refractivity contribution in [1.82, 2.24) is 9.90 Å². The molecule has 0 aliphatic heterocycles. The maximum absolute atomic E-state index is 13.0. The second-order valence-electron chi connectivity index (χ2n) is 9.42. The van der Waals surface area contributed by atoms with Gasteiger partial charge in [-0.2, -0.15) is 0 Å². The molecule has 3 aromatic carbocycles. The van der Waals surface area contributed by atoms with E-state index in [9.17, 15) is 10.3 Å². The van der Waals surface area contributed by atoms with Crippen LogP contribution in [0.15, 0.2) is 60.7 Å². The molecule has 0 aliphatic carbocycles. The molecule has 31 heavy (non-hydrogen) atoms. The molecule has 0 amide bonds. The third kappa shape index (κ3) is 3.63. The summed E-state index contributed by atoms with van der Waals surface area (Å²) in [5, 5.41) is 29.5. The summed E-state index contributed by atoms with van der Waals surface area (Å²) >= 11 is 6.09. The van der Waals surface area contributed by atoms with E-state index in [0.717, 1.165) is 21.5 Å². The lowest BCUT2D eigenvalue weighted by atomic mass is 9.75. The van der Waals surface area contributed by atoms with Gasteiger partial charge in [-0.15, -0.1) is 4.85 Å². The zero-order chi connectivity index (χ0) is 22.6. The quantitative estimate of drug-likeness (QED) is 0.334. The monoisotopic (exact) mass is 435 g/mol. The number of phenolic OH excluding ortho intramolecular Hbond substituents is 1. The molecule has 6 heteroatoms. The zero-order valence-corrected chi connectivity index (χ0v) is 19.1. The average molecular weight is 436 g/mol. The largest absolute Gasteiger partial charge is 0.692 e. The number of hydrogen-bond acceptors (Lipinski definition) is 3. The Morgan fingerprint density at radius 3 is 2.19 bits per heavy atom. The second kappa shape index (κ2) is 7.27. The fraction of sp³-hybridized carbons (Fsp3) is 0.280. The van der Waals surface area contributed by atoms with Gasteiger partial charge in [0.05, 0.1) is 5.10 Å². The lowest BCUT2D eigenvalue weighted by Gasteiger charge is -2.30. The molecule has 0 unspecified atom stereocenters. The summed E-state index contributed by atoms with van der Waals surface area (Å²) in [5.41, 5.74) is 3.35. The minimum Gasteiger partial charge on any atom is -0.692 e. The Balaban J connectivity index is 2.01. The van der Waals surface area contributed by atoms with Crippen LogP contribution in [0.25, 0.3) is 16.7 Å². The van der Waals surface area contributed by atoms with E-state index in [2.05, 4.69) is 25.9 Å². The molecule has 0 atom stereocenters. The number of rotatable bonds is 3. The Labute approximate surface area is 187 Å². The Kier molecular flexibility index (Phi) is 4.97. The maximum Gasteiger partial charge on any atom is 0.250 e. The van der Waals surface area contributed by atoms with E-state index < -0.39 is 5.41 Å². The van der Waals surface area contributed by atoms with E-state index in [-0.39, 0.29) is 11.2 Å². The smallest absolute Gasteiger partial charge is 0.250 e. The Morgan fingerprint density at radius 2 is 1.58 bits per heavy atom. The highest BCUT2D eigenvalue weighted by molar-refractivity contribution is 6.30. The van der Waals surface area contributed by atoms with Crippen molar-refractivity contribution >= 4 is 22.6 Å². The zero-order valence-electron chi connectivity index (χ0n) is 18.3. The number of aromatic hydroxyl groups is 1. The first-order valence-electron chi connectivity index (χ1n) is 10.2. The van der Waals surface area contributed by atoms with Gasteiger partial charge in [0.15, 0.2) is 11.4 Å². The van der Waals surface area contributed by atoms with Crippen LogP contribution in [0.4, 0.5) is 0 Å². The minimum absolute atomic E-state index is 0.0327. The molecular weight excluding hydrogens is 410 g/mol. The third-order valence-corrected chi connectivity index (χ3v) is 6.12. The number of para-hydroxylation sites is 1. The number of aromatic nitrogens is 3. The Hall–Kier alpha value is -3.05. The summed E-state index contributed by atoms with van der Waals surface area (Å²) in [7, 11) is 0. The van der Waals surface area contributed by atoms with Crippen LogP contribution in [0, 0.1) is 5.21 Å². The van der Waals surface area contributed by atoms with Gasteiger partial charge in [-0.25, -0.2) is 0 Å². The predicted molar refractivity (Wildman–Crippen MR) is 124 cm³/mol. The van der Waals surface area contributed by atoms with Crippen LogP contribution in [-0.2, 0) is 10.8 Å². The first-order chi connectivity index (χ1) is 14.5. The van der Waals surface area contributed by atoms with Gasteiger partial charge < -0.3 is 10.3 Å². The second-order valence-corrected chi connectivity index (χ2v) is 9.86. The average Bonchev–Trinajstić information content (AvgIpc) is 3.04. The molecule has 0 radical (unpaired) electrons. The number of halogens is 1. The van der Waals surface area contributed by atoms with Crippen molar-refractivity contribution in [2.75, 3.05) is 0 Å². The molecule has 1 aromatic heterocycles. The van der Waals surface area contributed by atoms with Crippen LogP contribution in [-0.4, -0.2) is 15.0 Å². The van der Waals surface area contributed by atoms with Gasteiger partial charge in [0.2, 0.25) is 11.0 Å². The minimum atomic E-state index is -0.537. The number of phenols is 1. The molecule has 1 N–H and O–H groups in total. The van der Waals surface area contributed by atoms with E-state index in [0.29, 0.717) is 21.7 Å². The lowest BCUT2D eigenvalue weighted by molar-refractivity contribution is -0.664. The van der Waals surface area contributed by atoms with Crippen molar-refractivity contribution in [3.63, 3.8) is 0 Å². The standard InChI is InChI=1S/C25H26ClN3O2/c1-24(2,3)17-14-19(25(4,5)16-10-12-18(26)13-11-16)23(30)22(15-17)28-27-20-8-6-7-9-21(20)29(28)31/h6-15,30H,1-5H3. The van der Waals surface area contributed by atoms with Crippen molar-refractivity contribution in [1.29, 1.82) is 0 Å². The molecule has 0 spiro atoms. The first-order valence-corrected chi connectivity index (χ1v) is 10.6. The van der Waals surface area contributed by atoms with Crippen molar-refractivity contribution in [3.8, 4) is 11.4 Å². The maximum atomic E-state index is 13.0. The van der Waals surface area contributed by atoms with Crippen molar-refractivity contribution in [3.05, 3.63) is 87.6 Å². The fourth-order valence-corrected chi connectivity index (χ4v) is 3.94. The molecule has 0 fully saturated rings. The number of nitrogens with zero attached hydrogens (tertiary/aromatic N) is 3. The molecule has 160 valence electrons. The molecule has 5 nitrogen and oxygen atoms in total. The Bertz CT molecular complexity index is 1270. The van der Waals surface area contributed by atoms with E-state index in [1.165, 1.54) is 4.80 Å². The molecule has 0 bridgehead atoms.